The van der Waals surface area contributed by atoms with Crippen LogP contribution in [0.15, 0.2) is 24.3 Å². The highest BCUT2D eigenvalue weighted by atomic mass is 15.1. The first-order valence-corrected chi connectivity index (χ1v) is 6.93. The summed E-state index contributed by atoms with van der Waals surface area (Å²) in [5, 5.41) is 3.28. The van der Waals surface area contributed by atoms with Gasteiger partial charge in [0.25, 0.3) is 0 Å². The van der Waals surface area contributed by atoms with E-state index in [9.17, 15) is 0 Å². The van der Waals surface area contributed by atoms with Gasteiger partial charge in [-0.3, -0.25) is 0 Å². The maximum Gasteiger partial charge on any atom is 0.169 e. The minimum absolute atomic E-state index is 0.475. The van der Waals surface area contributed by atoms with Crippen LogP contribution in [0.25, 0.3) is 11.0 Å². The van der Waals surface area contributed by atoms with Crippen LogP contribution in [0.4, 0.5) is 11.6 Å². The molecule has 2 aromatic rings. The van der Waals surface area contributed by atoms with Gasteiger partial charge in [0.1, 0.15) is 0 Å². The molecule has 102 valence electrons. The highest BCUT2D eigenvalue weighted by Gasteiger charge is 2.04. The molecule has 0 aliphatic rings. The summed E-state index contributed by atoms with van der Waals surface area (Å²) in [6.45, 7) is 5.39. The largest absolute Gasteiger partial charge is 0.381 e. The second kappa shape index (κ2) is 6.36. The summed E-state index contributed by atoms with van der Waals surface area (Å²) in [4.78, 5) is 8.86. The van der Waals surface area contributed by atoms with E-state index >= 15 is 0 Å². The Labute approximate surface area is 114 Å². The van der Waals surface area contributed by atoms with Crippen LogP contribution in [0.2, 0.25) is 0 Å². The van der Waals surface area contributed by atoms with Crippen LogP contribution in [0.3, 0.4) is 0 Å². The number of hydrogen-bond acceptors (Lipinski definition) is 4. The van der Waals surface area contributed by atoms with Gasteiger partial charge < -0.3 is 11.1 Å². The summed E-state index contributed by atoms with van der Waals surface area (Å²) in [5.41, 5.74) is 7.63. The number of fused-ring (bicyclic) bond motifs is 1. The molecule has 1 aromatic heterocycles. The fraction of sp³-hybridized carbons (Fsp3) is 0.467. The third-order valence-electron chi connectivity index (χ3n) is 3.10. The number of anilines is 2. The van der Waals surface area contributed by atoms with Crippen molar-refractivity contribution in [2.75, 3.05) is 17.6 Å². The lowest BCUT2D eigenvalue weighted by Crippen LogP contribution is -2.08. The maximum atomic E-state index is 5.91. The molecule has 0 saturated carbocycles. The SMILES string of the molecule is CC(C)CCCCNc1nc2ccccc2nc1N. The van der Waals surface area contributed by atoms with Gasteiger partial charge in [0, 0.05) is 6.54 Å². The number of hydrogen-bond donors (Lipinski definition) is 2. The normalized spacial score (nSPS) is 11.1. The van der Waals surface area contributed by atoms with Crippen molar-refractivity contribution in [1.29, 1.82) is 0 Å². The molecule has 3 N–H and O–H groups in total. The molecule has 4 nitrogen and oxygen atoms in total. The van der Waals surface area contributed by atoms with Crippen molar-refractivity contribution < 1.29 is 0 Å². The summed E-state index contributed by atoms with van der Waals surface area (Å²) in [6, 6.07) is 7.77. The Bertz CT molecular complexity index is 537. The number of nitrogens with zero attached hydrogens (tertiary/aromatic N) is 2. The van der Waals surface area contributed by atoms with Gasteiger partial charge in [-0.1, -0.05) is 38.8 Å². The number of aromatic nitrogens is 2. The molecule has 0 fully saturated rings. The highest BCUT2D eigenvalue weighted by Crippen LogP contribution is 2.18. The Balaban J connectivity index is 1.95. The Morgan fingerprint density at radius 3 is 2.47 bits per heavy atom. The number of para-hydroxylation sites is 2. The van der Waals surface area contributed by atoms with E-state index in [-0.39, 0.29) is 0 Å². The lowest BCUT2D eigenvalue weighted by molar-refractivity contribution is 0.544. The summed E-state index contributed by atoms with van der Waals surface area (Å²) in [6.07, 6.45) is 3.62. The molecule has 1 heterocycles. The predicted molar refractivity (Wildman–Crippen MR) is 81.1 cm³/mol. The third-order valence-corrected chi connectivity index (χ3v) is 3.10. The first-order chi connectivity index (χ1) is 9.16. The van der Waals surface area contributed by atoms with E-state index in [1.807, 2.05) is 24.3 Å². The van der Waals surface area contributed by atoms with E-state index in [1.54, 1.807) is 0 Å². The molecule has 1 aromatic carbocycles. The second-order valence-electron chi connectivity index (χ2n) is 5.26. The van der Waals surface area contributed by atoms with Gasteiger partial charge in [0.15, 0.2) is 11.6 Å². The van der Waals surface area contributed by atoms with Crippen molar-refractivity contribution in [3.05, 3.63) is 24.3 Å². The molecular weight excluding hydrogens is 236 g/mol. The summed E-state index contributed by atoms with van der Waals surface area (Å²) in [7, 11) is 0. The highest BCUT2D eigenvalue weighted by molar-refractivity contribution is 5.79. The third kappa shape index (κ3) is 3.81. The van der Waals surface area contributed by atoms with Crippen molar-refractivity contribution >= 4 is 22.7 Å². The fourth-order valence-corrected chi connectivity index (χ4v) is 2.03. The molecule has 19 heavy (non-hydrogen) atoms. The summed E-state index contributed by atoms with van der Waals surface area (Å²) < 4.78 is 0. The Morgan fingerprint density at radius 1 is 1.11 bits per heavy atom. The predicted octanol–water partition coefficient (Wildman–Crippen LogP) is 3.45. The smallest absolute Gasteiger partial charge is 0.169 e. The van der Waals surface area contributed by atoms with Gasteiger partial charge in [0.2, 0.25) is 0 Å². The van der Waals surface area contributed by atoms with E-state index in [4.69, 9.17) is 5.73 Å². The Morgan fingerprint density at radius 2 is 1.79 bits per heavy atom. The van der Waals surface area contributed by atoms with Crippen molar-refractivity contribution in [1.82, 2.24) is 9.97 Å². The number of nitrogens with two attached hydrogens (primary N) is 1. The van der Waals surface area contributed by atoms with Gasteiger partial charge in [-0.25, -0.2) is 9.97 Å². The van der Waals surface area contributed by atoms with Crippen molar-refractivity contribution in [3.63, 3.8) is 0 Å². The average molecular weight is 258 g/mol. The monoisotopic (exact) mass is 258 g/mol. The van der Waals surface area contributed by atoms with E-state index in [0.717, 1.165) is 29.9 Å². The van der Waals surface area contributed by atoms with E-state index in [1.165, 1.54) is 12.8 Å². The van der Waals surface area contributed by atoms with Crippen molar-refractivity contribution in [2.24, 2.45) is 5.92 Å². The number of rotatable bonds is 6. The van der Waals surface area contributed by atoms with Crippen LogP contribution < -0.4 is 11.1 Å². The van der Waals surface area contributed by atoms with Crippen molar-refractivity contribution in [2.45, 2.75) is 33.1 Å². The molecule has 0 radical (unpaired) electrons. The Hall–Kier alpha value is -1.84. The van der Waals surface area contributed by atoms with Gasteiger partial charge in [0.05, 0.1) is 11.0 Å². The molecule has 0 unspecified atom stereocenters. The molecule has 2 rings (SSSR count). The van der Waals surface area contributed by atoms with Crippen LogP contribution in [0.5, 0.6) is 0 Å². The van der Waals surface area contributed by atoms with Crippen molar-refractivity contribution in [3.8, 4) is 0 Å². The first kappa shape index (κ1) is 13.6. The van der Waals surface area contributed by atoms with Crippen LogP contribution >= 0.6 is 0 Å². The fourth-order valence-electron chi connectivity index (χ4n) is 2.03. The standard InChI is InChI=1S/C15H22N4/c1-11(2)7-5-6-10-17-15-14(16)18-12-8-3-4-9-13(12)19-15/h3-4,8-9,11H,5-7,10H2,1-2H3,(H2,16,18)(H,17,19). The summed E-state index contributed by atoms with van der Waals surface area (Å²) >= 11 is 0. The van der Waals surface area contributed by atoms with Gasteiger partial charge in [-0.05, 0) is 24.5 Å². The second-order valence-corrected chi connectivity index (χ2v) is 5.26. The zero-order valence-corrected chi connectivity index (χ0v) is 11.7. The molecule has 0 saturated heterocycles. The molecule has 0 amide bonds. The maximum absolute atomic E-state index is 5.91. The quantitative estimate of drug-likeness (QED) is 0.779. The molecule has 0 atom stereocenters. The number of nitrogens with one attached hydrogen (secondary N) is 1. The van der Waals surface area contributed by atoms with Gasteiger partial charge in [-0.2, -0.15) is 0 Å². The van der Waals surface area contributed by atoms with Crippen LogP contribution in [-0.4, -0.2) is 16.5 Å². The van der Waals surface area contributed by atoms with Crippen LogP contribution in [0.1, 0.15) is 33.1 Å². The molecule has 0 aliphatic heterocycles. The molecule has 4 heteroatoms. The van der Waals surface area contributed by atoms with E-state index in [2.05, 4.69) is 29.1 Å². The molecule has 0 spiro atoms. The minimum Gasteiger partial charge on any atom is -0.381 e. The first-order valence-electron chi connectivity index (χ1n) is 6.93. The lowest BCUT2D eigenvalue weighted by atomic mass is 10.1. The number of unbranched alkanes of at least 4 members (excludes halogenated alkanes) is 1. The van der Waals surface area contributed by atoms with Gasteiger partial charge >= 0.3 is 0 Å². The van der Waals surface area contributed by atoms with Crippen LogP contribution in [-0.2, 0) is 0 Å². The Kier molecular flexibility index (Phi) is 4.55. The van der Waals surface area contributed by atoms with Crippen LogP contribution in [0, 0.1) is 5.92 Å². The van der Waals surface area contributed by atoms with E-state index in [0.29, 0.717) is 11.6 Å². The average Bonchev–Trinajstić information content (AvgIpc) is 2.38. The topological polar surface area (TPSA) is 63.8 Å². The summed E-state index contributed by atoms with van der Waals surface area (Å²) in [5.74, 6) is 1.94. The zero-order chi connectivity index (χ0) is 13.7. The lowest BCUT2D eigenvalue weighted by Gasteiger charge is -2.09. The molecular formula is C15H22N4. The molecule has 0 aliphatic carbocycles. The van der Waals surface area contributed by atoms with Gasteiger partial charge in [-0.15, -0.1) is 0 Å². The zero-order valence-electron chi connectivity index (χ0n) is 11.7. The molecule has 0 bridgehead atoms. The number of benzene rings is 1. The number of nitrogen functional groups attached to an aromatic ring is 1. The van der Waals surface area contributed by atoms with E-state index < -0.39 is 0 Å². The minimum atomic E-state index is 0.475.